The Morgan fingerprint density at radius 1 is 1.09 bits per heavy atom. The third-order valence-corrected chi connectivity index (χ3v) is 7.79. The van der Waals surface area contributed by atoms with Crippen LogP contribution in [0.5, 0.6) is 0 Å². The second-order valence-electron chi connectivity index (χ2n) is 10.4. The molecule has 5 rings (SSSR count). The minimum Gasteiger partial charge on any atom is -0.347 e. The van der Waals surface area contributed by atoms with Crippen molar-refractivity contribution in [2.45, 2.75) is 33.2 Å². The maximum absolute atomic E-state index is 13.1. The van der Waals surface area contributed by atoms with Crippen LogP contribution in [0.4, 0.5) is 10.5 Å². The van der Waals surface area contributed by atoms with Crippen LogP contribution in [0.1, 0.15) is 30.9 Å². The highest BCUT2D eigenvalue weighted by atomic mass is 16.2. The van der Waals surface area contributed by atoms with E-state index in [-0.39, 0.29) is 11.4 Å². The molecule has 6 nitrogen and oxygen atoms in total. The van der Waals surface area contributed by atoms with Crippen LogP contribution >= 0.6 is 0 Å². The van der Waals surface area contributed by atoms with Gasteiger partial charge in [-0.05, 0) is 55.5 Å². The summed E-state index contributed by atoms with van der Waals surface area (Å²) in [5.41, 5.74) is 7.23. The van der Waals surface area contributed by atoms with Gasteiger partial charge < -0.3 is 9.80 Å². The molecule has 2 aromatic carbocycles. The Kier molecular flexibility index (Phi) is 6.24. The lowest BCUT2D eigenvalue weighted by molar-refractivity contribution is 0.196. The molecule has 1 aromatic heterocycles. The fraction of sp³-hybridized carbons (Fsp3) is 0.379. The van der Waals surface area contributed by atoms with E-state index in [2.05, 4.69) is 72.0 Å². The van der Waals surface area contributed by atoms with Gasteiger partial charge in [-0.2, -0.15) is 9.78 Å². The van der Waals surface area contributed by atoms with Gasteiger partial charge in [-0.1, -0.05) is 55.1 Å². The number of hydrogen-bond acceptors (Lipinski definition) is 4. The third-order valence-electron chi connectivity index (χ3n) is 7.79. The Morgan fingerprint density at radius 3 is 2.60 bits per heavy atom. The molecule has 1 unspecified atom stereocenters. The molecule has 35 heavy (non-hydrogen) atoms. The monoisotopic (exact) mass is 469 g/mol. The molecular weight excluding hydrogens is 434 g/mol. The summed E-state index contributed by atoms with van der Waals surface area (Å²) in [4.78, 5) is 19.6. The summed E-state index contributed by atoms with van der Waals surface area (Å²) in [5.74, 6) is 0. The van der Waals surface area contributed by atoms with E-state index in [1.165, 1.54) is 26.9 Å². The van der Waals surface area contributed by atoms with Gasteiger partial charge in [0.1, 0.15) is 0 Å². The van der Waals surface area contributed by atoms with E-state index >= 15 is 0 Å². The minimum atomic E-state index is -0.0333. The smallest absolute Gasteiger partial charge is 0.344 e. The number of rotatable bonds is 5. The average Bonchev–Trinajstić information content (AvgIpc) is 3.61. The molecule has 2 fully saturated rings. The first kappa shape index (κ1) is 23.4. The third kappa shape index (κ3) is 4.76. The number of anilines is 1. The molecule has 2 aliphatic heterocycles. The highest BCUT2D eigenvalue weighted by Gasteiger charge is 2.45. The van der Waals surface area contributed by atoms with Crippen molar-refractivity contribution in [3.05, 3.63) is 84.3 Å². The summed E-state index contributed by atoms with van der Waals surface area (Å²) in [6, 6.07) is 17.3. The van der Waals surface area contributed by atoms with Gasteiger partial charge in [0.2, 0.25) is 0 Å². The van der Waals surface area contributed by atoms with Crippen LogP contribution in [0, 0.1) is 12.3 Å². The summed E-state index contributed by atoms with van der Waals surface area (Å²) in [6.45, 7) is 12.8. The topological polar surface area (TPSA) is 44.6 Å². The molecular formula is C29H35N5O. The Morgan fingerprint density at radius 2 is 1.86 bits per heavy atom. The lowest BCUT2D eigenvalue weighted by Gasteiger charge is -2.25. The van der Waals surface area contributed by atoms with Crippen LogP contribution < -0.4 is 4.90 Å². The quantitative estimate of drug-likeness (QED) is 0.502. The first-order valence-electron chi connectivity index (χ1n) is 12.4. The molecule has 0 radical (unpaired) electrons. The number of allylic oxidation sites excluding steroid dienone is 1. The van der Waals surface area contributed by atoms with Gasteiger partial charge in [0.25, 0.3) is 0 Å². The van der Waals surface area contributed by atoms with Crippen molar-refractivity contribution in [1.29, 1.82) is 0 Å². The highest BCUT2D eigenvalue weighted by Crippen LogP contribution is 2.40. The number of carbonyl (C=O) groups is 1. The van der Waals surface area contributed by atoms with E-state index in [4.69, 9.17) is 0 Å². The average molecular weight is 470 g/mol. The van der Waals surface area contributed by atoms with Gasteiger partial charge >= 0.3 is 6.03 Å². The Balaban J connectivity index is 1.21. The molecule has 0 saturated carbocycles. The molecule has 1 atom stereocenters. The van der Waals surface area contributed by atoms with Crippen LogP contribution in [-0.4, -0.2) is 58.8 Å². The normalized spacial score (nSPS) is 20.0. The van der Waals surface area contributed by atoms with E-state index < -0.39 is 0 Å². The summed E-state index contributed by atoms with van der Waals surface area (Å²) < 4.78 is 1.47. The van der Waals surface area contributed by atoms with Gasteiger partial charge in [0, 0.05) is 44.3 Å². The maximum atomic E-state index is 13.1. The number of aromatic nitrogens is 2. The number of benzene rings is 2. The van der Waals surface area contributed by atoms with Crippen molar-refractivity contribution in [2.24, 2.45) is 5.41 Å². The van der Waals surface area contributed by atoms with Crippen LogP contribution in [0.15, 0.2) is 73.2 Å². The van der Waals surface area contributed by atoms with Gasteiger partial charge in [0.15, 0.2) is 0 Å². The number of likely N-dealkylation sites (tertiary alicyclic amines) is 2. The van der Waals surface area contributed by atoms with E-state index in [1.807, 2.05) is 23.8 Å². The zero-order valence-corrected chi connectivity index (χ0v) is 21.1. The van der Waals surface area contributed by atoms with Crippen molar-refractivity contribution < 1.29 is 4.79 Å². The molecule has 0 aliphatic carbocycles. The molecule has 0 N–H and O–H groups in total. The Hall–Kier alpha value is -3.38. The minimum absolute atomic E-state index is 0.0333. The van der Waals surface area contributed by atoms with Crippen LogP contribution in [0.25, 0.3) is 11.1 Å². The van der Waals surface area contributed by atoms with Crippen LogP contribution in [-0.2, 0) is 6.54 Å². The molecule has 2 saturated heterocycles. The van der Waals surface area contributed by atoms with Crippen molar-refractivity contribution >= 4 is 11.7 Å². The molecule has 3 heterocycles. The molecule has 0 bridgehead atoms. The zero-order chi connectivity index (χ0) is 24.6. The largest absolute Gasteiger partial charge is 0.347 e. The molecule has 1 amide bonds. The van der Waals surface area contributed by atoms with Gasteiger partial charge in [0.05, 0.1) is 18.1 Å². The predicted octanol–water partition coefficient (Wildman–Crippen LogP) is 5.39. The van der Waals surface area contributed by atoms with E-state index in [0.717, 1.165) is 56.9 Å². The summed E-state index contributed by atoms with van der Waals surface area (Å²) in [5, 5.41) is 4.32. The second-order valence-corrected chi connectivity index (χ2v) is 10.4. The molecule has 2 aliphatic rings. The van der Waals surface area contributed by atoms with Crippen LogP contribution in [0.2, 0.25) is 0 Å². The predicted molar refractivity (Wildman–Crippen MR) is 141 cm³/mol. The van der Waals surface area contributed by atoms with Crippen LogP contribution in [0.3, 0.4) is 0 Å². The maximum Gasteiger partial charge on any atom is 0.344 e. The van der Waals surface area contributed by atoms with E-state index in [1.54, 1.807) is 12.4 Å². The number of hydrogen-bond donors (Lipinski definition) is 0. The molecule has 6 heteroatoms. The zero-order valence-electron chi connectivity index (χ0n) is 21.1. The SMILES string of the molecule is C=C(C)N(C)c1cnn(C(=O)N2CCC3(CCN(Cc4ccc(-c5ccccc5)cc4C)C3)C2)c1. The summed E-state index contributed by atoms with van der Waals surface area (Å²) in [6.07, 6.45) is 5.72. The standard InChI is InChI=1S/C29H35N5O/c1-22(2)31(4)27-17-30-34(19-27)28(35)33-15-13-29(21-33)12-14-32(20-29)18-26-11-10-25(16-23(26)3)24-8-6-5-7-9-24/h5-11,16-17,19H,1,12-15,18,20-21H2,2-4H3. The summed E-state index contributed by atoms with van der Waals surface area (Å²) in [7, 11) is 1.93. The highest BCUT2D eigenvalue weighted by molar-refractivity contribution is 5.77. The number of nitrogens with zero attached hydrogens (tertiary/aromatic N) is 5. The second kappa shape index (κ2) is 9.34. The lowest BCUT2D eigenvalue weighted by Crippen LogP contribution is -2.36. The number of aryl methyl sites for hydroxylation is 1. The van der Waals surface area contributed by atoms with Crippen molar-refractivity contribution in [2.75, 3.05) is 38.1 Å². The lowest BCUT2D eigenvalue weighted by atomic mass is 9.86. The van der Waals surface area contributed by atoms with Gasteiger partial charge in [-0.3, -0.25) is 4.90 Å². The first-order chi connectivity index (χ1) is 16.8. The van der Waals surface area contributed by atoms with Gasteiger partial charge in [-0.25, -0.2) is 4.79 Å². The molecule has 1 spiro atoms. The van der Waals surface area contributed by atoms with Gasteiger partial charge in [-0.15, -0.1) is 0 Å². The number of carbonyl (C=O) groups excluding carboxylic acids is 1. The number of amides is 1. The first-order valence-corrected chi connectivity index (χ1v) is 12.4. The van der Waals surface area contributed by atoms with Crippen molar-refractivity contribution in [1.82, 2.24) is 19.6 Å². The Bertz CT molecular complexity index is 1230. The van der Waals surface area contributed by atoms with Crippen molar-refractivity contribution in [3.63, 3.8) is 0 Å². The Labute approximate surface area is 208 Å². The molecule has 3 aromatic rings. The van der Waals surface area contributed by atoms with E-state index in [9.17, 15) is 4.79 Å². The molecule has 182 valence electrons. The summed E-state index contributed by atoms with van der Waals surface area (Å²) >= 11 is 0. The fourth-order valence-corrected chi connectivity index (χ4v) is 5.47. The van der Waals surface area contributed by atoms with Crippen molar-refractivity contribution in [3.8, 4) is 11.1 Å². The van der Waals surface area contributed by atoms with E-state index in [0.29, 0.717) is 0 Å². The fourth-order valence-electron chi connectivity index (χ4n) is 5.47.